The molecular formula is C33H44F3N7O5. The van der Waals surface area contributed by atoms with Crippen LogP contribution in [0.15, 0.2) is 42.1 Å². The van der Waals surface area contributed by atoms with Crippen molar-refractivity contribution in [2.75, 3.05) is 45.7 Å². The Morgan fingerprint density at radius 2 is 1.77 bits per heavy atom. The van der Waals surface area contributed by atoms with E-state index in [1.165, 1.54) is 42.3 Å². The van der Waals surface area contributed by atoms with Crippen molar-refractivity contribution < 1.29 is 37.1 Å². The number of hydrogen-bond donors (Lipinski definition) is 3. The van der Waals surface area contributed by atoms with Crippen molar-refractivity contribution in [1.29, 1.82) is 0 Å². The molecule has 1 aliphatic heterocycles. The number of aromatic nitrogens is 2. The molecule has 4 amide bonds. The Labute approximate surface area is 278 Å². The summed E-state index contributed by atoms with van der Waals surface area (Å²) in [6, 6.07) is 3.22. The summed E-state index contributed by atoms with van der Waals surface area (Å²) >= 11 is 0. The summed E-state index contributed by atoms with van der Waals surface area (Å²) in [5.41, 5.74) is 0.277. The lowest BCUT2D eigenvalue weighted by atomic mass is 9.75. The van der Waals surface area contributed by atoms with Crippen LogP contribution in [0.25, 0.3) is 0 Å². The van der Waals surface area contributed by atoms with E-state index in [2.05, 4.69) is 25.9 Å². The van der Waals surface area contributed by atoms with Gasteiger partial charge in [0.1, 0.15) is 30.2 Å². The number of nitrogens with zero attached hydrogens (tertiary/aromatic N) is 4. The summed E-state index contributed by atoms with van der Waals surface area (Å²) < 4.78 is 48.3. The molecule has 0 radical (unpaired) electrons. The summed E-state index contributed by atoms with van der Waals surface area (Å²) in [5, 5.41) is 12.0. The van der Waals surface area contributed by atoms with Gasteiger partial charge >= 0.3 is 0 Å². The van der Waals surface area contributed by atoms with Crippen molar-refractivity contribution in [3.63, 3.8) is 0 Å². The second-order valence-corrected chi connectivity index (χ2v) is 12.8. The number of carbonyl (C=O) groups excluding carboxylic acids is 4. The highest BCUT2D eigenvalue weighted by Gasteiger charge is 2.40. The molecule has 15 heteroatoms. The number of hydrogen-bond acceptors (Lipinski definition) is 7. The number of methoxy groups -OCH3 is 1. The number of allylic oxidation sites excluding steroid dienone is 1. The van der Waals surface area contributed by atoms with E-state index >= 15 is 4.39 Å². The maximum absolute atomic E-state index is 15.6. The molecule has 2 heterocycles. The average Bonchev–Trinajstić information content (AvgIpc) is 3.51. The minimum Gasteiger partial charge on any atom is -0.375 e. The molecular weight excluding hydrogens is 631 g/mol. The van der Waals surface area contributed by atoms with Crippen molar-refractivity contribution in [3.8, 4) is 0 Å². The smallest absolute Gasteiger partial charge is 0.270 e. The monoisotopic (exact) mass is 675 g/mol. The lowest BCUT2D eigenvalue weighted by Crippen LogP contribution is -2.58. The molecule has 2 aliphatic rings. The van der Waals surface area contributed by atoms with E-state index in [1.807, 2.05) is 27.8 Å². The Kier molecular flexibility index (Phi) is 12.0. The molecule has 4 rings (SSSR count). The molecule has 1 saturated heterocycles. The third kappa shape index (κ3) is 8.42. The van der Waals surface area contributed by atoms with Crippen LogP contribution in [0.2, 0.25) is 0 Å². The van der Waals surface area contributed by atoms with Crippen LogP contribution in [0.5, 0.6) is 0 Å². The molecule has 262 valence electrons. The normalized spacial score (nSPS) is 20.0. The van der Waals surface area contributed by atoms with E-state index in [0.29, 0.717) is 25.2 Å². The zero-order valence-corrected chi connectivity index (χ0v) is 28.1. The number of amides is 4. The number of piperazine rings is 1. The molecule has 3 N–H and O–H groups in total. The Hall–Kier alpha value is -4.24. The van der Waals surface area contributed by atoms with Crippen molar-refractivity contribution in [2.45, 2.75) is 70.6 Å². The summed E-state index contributed by atoms with van der Waals surface area (Å²) in [5.74, 6) is -4.32. The third-order valence-corrected chi connectivity index (χ3v) is 9.12. The number of anilines is 1. The van der Waals surface area contributed by atoms with E-state index in [-0.39, 0.29) is 54.4 Å². The minimum absolute atomic E-state index is 0.0978. The molecule has 0 spiro atoms. The fraction of sp³-hybridized carbons (Fsp3) is 0.545. The standard InChI is InChI=1S/C33H44F3N7O5/c1-18(2)43-26(9-10-37-43)31(45)40-29(22-13-23(14-22)30(35)36)32(46)38-25-8-7-21(15-24(25)34)20(4)28(39-27(44)17-48-6)33(47)42-12-11-41(5)19(3)16-42/h7-10,15,18-20,22,28-29H,11-14,16-17H2,1-6H3,(H,38,46)(H,39,44)(H,40,45)/t19-,20+,28-,29?/m1/s1. The molecule has 12 nitrogen and oxygen atoms in total. The number of likely N-dealkylation sites (N-methyl/N-ethyl adjacent to an activating group) is 1. The predicted octanol–water partition coefficient (Wildman–Crippen LogP) is 3.30. The van der Waals surface area contributed by atoms with Crippen LogP contribution in [-0.4, -0.2) is 102 Å². The lowest BCUT2D eigenvalue weighted by Gasteiger charge is -2.40. The first-order valence-electron chi connectivity index (χ1n) is 16.0. The summed E-state index contributed by atoms with van der Waals surface area (Å²) in [6.45, 7) is 8.68. The van der Waals surface area contributed by atoms with Crippen LogP contribution in [0.4, 0.5) is 18.9 Å². The molecule has 1 unspecified atom stereocenters. The number of rotatable bonds is 12. The Bertz CT molecular complexity index is 1530. The third-order valence-electron chi connectivity index (χ3n) is 9.12. The fourth-order valence-electron chi connectivity index (χ4n) is 5.99. The Balaban J connectivity index is 1.53. The quantitative estimate of drug-likeness (QED) is 0.314. The van der Waals surface area contributed by atoms with Gasteiger partial charge in [0.05, 0.1) is 5.69 Å². The van der Waals surface area contributed by atoms with Crippen molar-refractivity contribution in [2.24, 2.45) is 5.92 Å². The van der Waals surface area contributed by atoms with Crippen LogP contribution in [0.1, 0.15) is 68.5 Å². The maximum Gasteiger partial charge on any atom is 0.270 e. The first kappa shape index (κ1) is 36.6. The van der Waals surface area contributed by atoms with Crippen molar-refractivity contribution >= 4 is 29.3 Å². The van der Waals surface area contributed by atoms with Gasteiger partial charge in [-0.1, -0.05) is 13.0 Å². The topological polar surface area (TPSA) is 138 Å². The number of halogens is 3. The van der Waals surface area contributed by atoms with Gasteiger partial charge in [-0.15, -0.1) is 0 Å². The molecule has 1 aliphatic carbocycles. The molecule has 1 saturated carbocycles. The first-order chi connectivity index (χ1) is 22.7. The van der Waals surface area contributed by atoms with Gasteiger partial charge in [-0.2, -0.15) is 13.9 Å². The fourth-order valence-corrected chi connectivity index (χ4v) is 5.99. The van der Waals surface area contributed by atoms with Crippen LogP contribution in [0.3, 0.4) is 0 Å². The highest BCUT2D eigenvalue weighted by Crippen LogP contribution is 2.39. The maximum atomic E-state index is 15.6. The van der Waals surface area contributed by atoms with E-state index in [0.717, 1.165) is 0 Å². The van der Waals surface area contributed by atoms with E-state index in [9.17, 15) is 28.0 Å². The second-order valence-electron chi connectivity index (χ2n) is 12.8. The summed E-state index contributed by atoms with van der Waals surface area (Å²) in [4.78, 5) is 56.7. The summed E-state index contributed by atoms with van der Waals surface area (Å²) in [7, 11) is 3.33. The number of carbonyl (C=O) groups is 4. The van der Waals surface area contributed by atoms with Gasteiger partial charge < -0.3 is 30.5 Å². The van der Waals surface area contributed by atoms with E-state index in [4.69, 9.17) is 4.74 Å². The van der Waals surface area contributed by atoms with Gasteiger partial charge in [0.15, 0.2) is 0 Å². The summed E-state index contributed by atoms with van der Waals surface area (Å²) in [6.07, 6.45) is -0.571. The van der Waals surface area contributed by atoms with Crippen LogP contribution in [-0.2, 0) is 19.1 Å². The van der Waals surface area contributed by atoms with Crippen LogP contribution >= 0.6 is 0 Å². The molecule has 2 fully saturated rings. The van der Waals surface area contributed by atoms with E-state index < -0.39 is 53.5 Å². The second kappa shape index (κ2) is 15.8. The van der Waals surface area contributed by atoms with Gasteiger partial charge in [-0.3, -0.25) is 23.9 Å². The SMILES string of the molecule is COCC(=O)N[C@@H](C(=O)N1CCN(C)[C@H](C)C1)[C@@H](C)c1ccc(NC(=O)C(NC(=O)c2ccnn2C(C)C)C2CC(=C(F)F)C2)c(F)c1. The zero-order chi connectivity index (χ0) is 35.3. The molecule has 48 heavy (non-hydrogen) atoms. The zero-order valence-electron chi connectivity index (χ0n) is 28.1. The number of nitrogens with one attached hydrogen (secondary N) is 3. The molecule has 1 aromatic carbocycles. The van der Waals surface area contributed by atoms with E-state index in [1.54, 1.807) is 11.8 Å². The molecule has 2 aromatic rings. The van der Waals surface area contributed by atoms with Crippen molar-refractivity contribution in [3.05, 3.63) is 59.2 Å². The minimum atomic E-state index is -1.82. The largest absolute Gasteiger partial charge is 0.375 e. The molecule has 0 bridgehead atoms. The van der Waals surface area contributed by atoms with Gasteiger partial charge in [-0.05, 0) is 75.9 Å². The van der Waals surface area contributed by atoms with Gasteiger partial charge in [0, 0.05) is 50.9 Å². The Morgan fingerprint density at radius 1 is 1.06 bits per heavy atom. The number of ether oxygens (including phenoxy) is 1. The van der Waals surface area contributed by atoms with Gasteiger partial charge in [-0.25, -0.2) is 4.39 Å². The number of benzene rings is 1. The van der Waals surface area contributed by atoms with Crippen LogP contribution < -0.4 is 16.0 Å². The highest BCUT2D eigenvalue weighted by molar-refractivity contribution is 6.01. The Morgan fingerprint density at radius 3 is 2.38 bits per heavy atom. The molecule has 4 atom stereocenters. The highest BCUT2D eigenvalue weighted by atomic mass is 19.3. The first-order valence-corrected chi connectivity index (χ1v) is 16.0. The van der Waals surface area contributed by atoms with Crippen molar-refractivity contribution in [1.82, 2.24) is 30.2 Å². The van der Waals surface area contributed by atoms with Crippen LogP contribution in [0, 0.1) is 11.7 Å². The van der Waals surface area contributed by atoms with Gasteiger partial charge in [0.2, 0.25) is 17.7 Å². The average molecular weight is 676 g/mol. The predicted molar refractivity (Wildman–Crippen MR) is 172 cm³/mol. The molecule has 1 aromatic heterocycles. The lowest BCUT2D eigenvalue weighted by molar-refractivity contribution is -0.140. The van der Waals surface area contributed by atoms with Gasteiger partial charge in [0.25, 0.3) is 12.0 Å².